The Morgan fingerprint density at radius 1 is 1.11 bits per heavy atom. The average Bonchev–Trinajstić information content (AvgIpc) is 3.51. The van der Waals surface area contributed by atoms with Crippen molar-refractivity contribution in [1.82, 2.24) is 9.55 Å². The number of hydrogen-bond acceptors (Lipinski definition) is 3. The molecule has 0 N–H and O–H groups in total. The lowest BCUT2D eigenvalue weighted by molar-refractivity contribution is -0.151. The zero-order valence-corrected chi connectivity index (χ0v) is 18.2. The van der Waals surface area contributed by atoms with E-state index in [0.717, 1.165) is 42.5 Å². The third-order valence-corrected chi connectivity index (χ3v) is 4.88. The Balaban J connectivity index is 0.000000406. The van der Waals surface area contributed by atoms with Gasteiger partial charge < -0.3 is 9.30 Å². The molecule has 2 saturated carbocycles. The van der Waals surface area contributed by atoms with E-state index in [4.69, 9.17) is 4.74 Å². The minimum atomic E-state index is -0.142. The van der Waals surface area contributed by atoms with Crippen molar-refractivity contribution in [1.29, 1.82) is 0 Å². The Morgan fingerprint density at radius 3 is 2.39 bits per heavy atom. The van der Waals surface area contributed by atoms with Gasteiger partial charge in [0.2, 0.25) is 0 Å². The van der Waals surface area contributed by atoms with Crippen molar-refractivity contribution in [3.05, 3.63) is 30.1 Å². The molecule has 4 heteroatoms. The molecule has 1 aromatic carbocycles. The number of rotatable bonds is 4. The van der Waals surface area contributed by atoms with E-state index in [2.05, 4.69) is 32.7 Å². The number of ether oxygens (including phenoxy) is 1. The van der Waals surface area contributed by atoms with Crippen molar-refractivity contribution in [2.45, 2.75) is 98.1 Å². The summed E-state index contributed by atoms with van der Waals surface area (Å²) in [5, 5.41) is 0. The molecule has 0 aliphatic heterocycles. The molecule has 2 atom stereocenters. The van der Waals surface area contributed by atoms with E-state index in [1.54, 1.807) is 0 Å². The molecule has 0 spiro atoms. The summed E-state index contributed by atoms with van der Waals surface area (Å²) in [6.45, 7) is 8.80. The number of aromatic nitrogens is 2. The Hall–Kier alpha value is -1.84. The average molecular weight is 387 g/mol. The lowest BCUT2D eigenvalue weighted by atomic mass is 9.89. The number of imidazole rings is 1. The van der Waals surface area contributed by atoms with Crippen molar-refractivity contribution in [2.24, 2.45) is 5.92 Å². The predicted octanol–water partition coefficient (Wildman–Crippen LogP) is 6.31. The first kappa shape index (κ1) is 22.4. The van der Waals surface area contributed by atoms with Crippen LogP contribution in [0, 0.1) is 5.92 Å². The minimum Gasteiger partial charge on any atom is -0.461 e. The molecule has 28 heavy (non-hydrogen) atoms. The first-order valence-corrected chi connectivity index (χ1v) is 11.2. The van der Waals surface area contributed by atoms with E-state index in [9.17, 15) is 4.79 Å². The molecule has 0 bridgehead atoms. The summed E-state index contributed by atoms with van der Waals surface area (Å²) in [6.07, 6.45) is 11.1. The maximum Gasteiger partial charge on any atom is 0.326 e. The number of nitrogens with zero attached hydrogens (tertiary/aromatic N) is 2. The van der Waals surface area contributed by atoms with Gasteiger partial charge in [-0.2, -0.15) is 0 Å². The van der Waals surface area contributed by atoms with Crippen molar-refractivity contribution in [3.63, 3.8) is 0 Å². The molecular formula is C24H38N2O2. The van der Waals surface area contributed by atoms with Crippen LogP contribution in [0.4, 0.5) is 0 Å². The molecule has 0 saturated heterocycles. The third-order valence-electron chi connectivity index (χ3n) is 4.88. The van der Waals surface area contributed by atoms with Gasteiger partial charge in [0, 0.05) is 6.42 Å². The van der Waals surface area contributed by atoms with Crippen molar-refractivity contribution in [2.75, 3.05) is 0 Å². The fraction of sp³-hybridized carbons (Fsp3) is 0.667. The smallest absolute Gasteiger partial charge is 0.326 e. The molecule has 2 fully saturated rings. The van der Waals surface area contributed by atoms with E-state index in [1.807, 2.05) is 28.8 Å². The number of para-hydroxylation sites is 2. The second-order valence-corrected chi connectivity index (χ2v) is 8.11. The van der Waals surface area contributed by atoms with Gasteiger partial charge >= 0.3 is 5.97 Å². The van der Waals surface area contributed by atoms with Crippen LogP contribution in [0.2, 0.25) is 0 Å². The van der Waals surface area contributed by atoms with Crippen LogP contribution in [0.1, 0.15) is 84.9 Å². The highest BCUT2D eigenvalue weighted by molar-refractivity contribution is 5.79. The topological polar surface area (TPSA) is 44.1 Å². The van der Waals surface area contributed by atoms with Crippen LogP contribution in [-0.2, 0) is 22.5 Å². The lowest BCUT2D eigenvalue weighted by Gasteiger charge is -2.26. The molecule has 0 amide bonds. The normalized spacial score (nSPS) is 20.4. The quantitative estimate of drug-likeness (QED) is 0.579. The standard InChI is InChI=1S/C18H24N2O2.C3H6.C3H8/c1-3-17-19-15-9-4-5-10-16(15)20(17)12-18(21)22-14-8-6-7-13(2)11-14;1-2-3-1;1-3-2/h4-5,9-10,13-14H,3,6-8,11-12H2,1-2H3;1-3H2;3H2,1-2H3/t13-,14?;;/m1../s1. The number of carbonyl (C=O) groups excluding carboxylic acids is 1. The fourth-order valence-electron chi connectivity index (χ4n) is 3.41. The summed E-state index contributed by atoms with van der Waals surface area (Å²) in [7, 11) is 0. The summed E-state index contributed by atoms with van der Waals surface area (Å²) in [5.41, 5.74) is 1.95. The van der Waals surface area contributed by atoms with Crippen molar-refractivity contribution in [3.8, 4) is 0 Å². The highest BCUT2D eigenvalue weighted by Crippen LogP contribution is 2.26. The molecule has 2 aromatic rings. The molecule has 4 rings (SSSR count). The van der Waals surface area contributed by atoms with Crippen LogP contribution < -0.4 is 0 Å². The highest BCUT2D eigenvalue weighted by atomic mass is 16.5. The Bertz CT molecular complexity index is 718. The number of fused-ring (bicyclic) bond motifs is 1. The first-order valence-electron chi connectivity index (χ1n) is 11.2. The minimum absolute atomic E-state index is 0.0936. The molecule has 1 aromatic heterocycles. The van der Waals surface area contributed by atoms with Gasteiger partial charge in [0.1, 0.15) is 18.5 Å². The molecule has 1 heterocycles. The second-order valence-electron chi connectivity index (χ2n) is 8.11. The molecule has 156 valence electrons. The first-order chi connectivity index (χ1) is 13.6. The van der Waals surface area contributed by atoms with Crippen LogP contribution in [0.5, 0.6) is 0 Å². The molecule has 2 aliphatic rings. The molecule has 1 unspecified atom stereocenters. The van der Waals surface area contributed by atoms with E-state index in [0.29, 0.717) is 5.92 Å². The van der Waals surface area contributed by atoms with Gasteiger partial charge in [0.05, 0.1) is 11.0 Å². The van der Waals surface area contributed by atoms with Crippen LogP contribution >= 0.6 is 0 Å². The van der Waals surface area contributed by atoms with Crippen molar-refractivity contribution >= 4 is 17.0 Å². The van der Waals surface area contributed by atoms with Gasteiger partial charge in [-0.25, -0.2) is 4.98 Å². The van der Waals surface area contributed by atoms with Crippen molar-refractivity contribution < 1.29 is 9.53 Å². The summed E-state index contributed by atoms with van der Waals surface area (Å²) in [5.74, 6) is 1.46. The maximum atomic E-state index is 12.3. The number of carbonyl (C=O) groups is 1. The zero-order chi connectivity index (χ0) is 20.4. The summed E-state index contributed by atoms with van der Waals surface area (Å²) >= 11 is 0. The van der Waals surface area contributed by atoms with E-state index >= 15 is 0 Å². The Morgan fingerprint density at radius 2 is 1.79 bits per heavy atom. The van der Waals surface area contributed by atoms with Crippen LogP contribution in [0.15, 0.2) is 24.3 Å². The number of aryl methyl sites for hydroxylation is 1. The highest BCUT2D eigenvalue weighted by Gasteiger charge is 2.23. The molecule has 4 nitrogen and oxygen atoms in total. The lowest BCUT2D eigenvalue weighted by Crippen LogP contribution is -2.26. The van der Waals surface area contributed by atoms with Gasteiger partial charge in [0.15, 0.2) is 0 Å². The van der Waals surface area contributed by atoms with Crippen LogP contribution in [0.3, 0.4) is 0 Å². The second kappa shape index (κ2) is 11.9. The fourth-order valence-corrected chi connectivity index (χ4v) is 3.41. The molecular weight excluding hydrogens is 348 g/mol. The number of benzene rings is 1. The van der Waals surface area contributed by atoms with Gasteiger partial charge in [-0.15, -0.1) is 0 Å². The summed E-state index contributed by atoms with van der Waals surface area (Å²) in [4.78, 5) is 16.9. The van der Waals surface area contributed by atoms with Gasteiger partial charge in [-0.1, -0.05) is 71.9 Å². The van der Waals surface area contributed by atoms with E-state index in [-0.39, 0.29) is 18.6 Å². The summed E-state index contributed by atoms with van der Waals surface area (Å²) < 4.78 is 7.69. The Kier molecular flexibility index (Phi) is 9.52. The zero-order valence-electron chi connectivity index (χ0n) is 18.2. The van der Waals surface area contributed by atoms with E-state index in [1.165, 1.54) is 32.1 Å². The number of hydrogen-bond donors (Lipinski definition) is 0. The van der Waals surface area contributed by atoms with Gasteiger partial charge in [-0.3, -0.25) is 4.79 Å². The largest absolute Gasteiger partial charge is 0.461 e. The number of esters is 1. The SMILES string of the molecule is C1CC1.CCC.CCc1nc2ccccc2n1CC(=O)OC1CCC[C@@H](C)C1. The maximum absolute atomic E-state index is 12.3. The van der Waals surface area contributed by atoms with Gasteiger partial charge in [-0.05, 0) is 37.3 Å². The van der Waals surface area contributed by atoms with Crippen LogP contribution in [-0.4, -0.2) is 21.6 Å². The van der Waals surface area contributed by atoms with Gasteiger partial charge in [0.25, 0.3) is 0 Å². The molecule has 2 aliphatic carbocycles. The van der Waals surface area contributed by atoms with Crippen LogP contribution in [0.25, 0.3) is 11.0 Å². The van der Waals surface area contributed by atoms with E-state index < -0.39 is 0 Å². The summed E-state index contributed by atoms with van der Waals surface area (Å²) in [6, 6.07) is 7.95. The monoisotopic (exact) mass is 386 g/mol. The third kappa shape index (κ3) is 7.29. The Labute approximate surface area is 170 Å². The molecule has 0 radical (unpaired) electrons. The predicted molar refractivity (Wildman–Crippen MR) is 116 cm³/mol.